The maximum atomic E-state index is 4.92. The molecule has 0 bridgehead atoms. The smallest absolute Gasteiger partial charge is 0.134 e. The molecule has 0 amide bonds. The molecule has 0 spiro atoms. The number of rotatable bonds is 4. The van der Waals surface area contributed by atoms with Crippen LogP contribution in [0.2, 0.25) is 0 Å². The lowest BCUT2D eigenvalue weighted by atomic mass is 9.82. The number of aromatic nitrogens is 2. The summed E-state index contributed by atoms with van der Waals surface area (Å²) in [4.78, 5) is 9.74. The topological polar surface area (TPSA) is 37.8 Å². The summed E-state index contributed by atoms with van der Waals surface area (Å²) < 4.78 is 0. The van der Waals surface area contributed by atoms with Crippen molar-refractivity contribution in [2.45, 2.75) is 78.1 Å². The Kier molecular flexibility index (Phi) is 5.23. The molecule has 2 unspecified atom stereocenters. The molecule has 118 valence electrons. The van der Waals surface area contributed by atoms with Crippen LogP contribution in [0.15, 0.2) is 6.07 Å². The molecule has 21 heavy (non-hydrogen) atoms. The zero-order chi connectivity index (χ0) is 15.5. The molecule has 1 fully saturated rings. The Morgan fingerprint density at radius 2 is 2.00 bits per heavy atom. The van der Waals surface area contributed by atoms with E-state index in [1.54, 1.807) is 0 Å². The van der Waals surface area contributed by atoms with E-state index < -0.39 is 0 Å². The van der Waals surface area contributed by atoms with Crippen molar-refractivity contribution in [3.8, 4) is 0 Å². The maximum Gasteiger partial charge on any atom is 0.134 e. The van der Waals surface area contributed by atoms with E-state index in [9.17, 15) is 0 Å². The molecule has 1 heterocycles. The number of anilines is 1. The van der Waals surface area contributed by atoms with Crippen LogP contribution < -0.4 is 5.32 Å². The second kappa shape index (κ2) is 6.76. The molecule has 0 aromatic carbocycles. The fraction of sp³-hybridized carbons (Fsp3) is 0.778. The third-order valence-corrected chi connectivity index (χ3v) is 4.37. The second-order valence-corrected chi connectivity index (χ2v) is 7.64. The molecule has 1 saturated carbocycles. The summed E-state index contributed by atoms with van der Waals surface area (Å²) in [5, 5.41) is 3.45. The number of hydrogen-bond acceptors (Lipinski definition) is 3. The van der Waals surface area contributed by atoms with Crippen molar-refractivity contribution in [3.05, 3.63) is 17.6 Å². The third-order valence-electron chi connectivity index (χ3n) is 4.37. The van der Waals surface area contributed by atoms with Crippen molar-refractivity contribution in [1.82, 2.24) is 9.97 Å². The zero-order valence-electron chi connectivity index (χ0n) is 14.4. The van der Waals surface area contributed by atoms with Crippen LogP contribution in [0.5, 0.6) is 0 Å². The van der Waals surface area contributed by atoms with Gasteiger partial charge in [0.25, 0.3) is 0 Å². The Labute approximate surface area is 130 Å². The number of nitrogens with zero attached hydrogens (tertiary/aromatic N) is 2. The average Bonchev–Trinajstić information content (AvgIpc) is 2.44. The van der Waals surface area contributed by atoms with Crippen LogP contribution in [0.25, 0.3) is 0 Å². The molecule has 0 radical (unpaired) electrons. The van der Waals surface area contributed by atoms with E-state index in [-0.39, 0.29) is 5.41 Å². The molecular weight excluding hydrogens is 258 g/mol. The lowest BCUT2D eigenvalue weighted by molar-refractivity contribution is 0.334. The Balaban J connectivity index is 2.30. The van der Waals surface area contributed by atoms with Gasteiger partial charge in [0, 0.05) is 23.9 Å². The second-order valence-electron chi connectivity index (χ2n) is 7.64. The fourth-order valence-electron chi connectivity index (χ4n) is 3.04. The van der Waals surface area contributed by atoms with Gasteiger partial charge in [-0.15, -0.1) is 0 Å². The van der Waals surface area contributed by atoms with E-state index >= 15 is 0 Å². The molecule has 0 aliphatic heterocycles. The van der Waals surface area contributed by atoms with Gasteiger partial charge < -0.3 is 5.32 Å². The minimum Gasteiger partial charge on any atom is -0.370 e. The normalized spacial score (nSPS) is 23.1. The Hall–Kier alpha value is -1.12. The number of nitrogens with one attached hydrogen (secondary N) is 1. The summed E-state index contributed by atoms with van der Waals surface area (Å²) in [6.45, 7) is 12.2. The molecule has 1 aliphatic rings. The molecule has 2 atom stereocenters. The SMILES string of the molecule is CCCNc1cc(C(C)(C)C)nc(C2CCCC(C)C2)n1. The van der Waals surface area contributed by atoms with Gasteiger partial charge in [-0.2, -0.15) is 0 Å². The molecule has 0 saturated heterocycles. The summed E-state index contributed by atoms with van der Waals surface area (Å²) in [6, 6.07) is 2.13. The summed E-state index contributed by atoms with van der Waals surface area (Å²) in [5.74, 6) is 3.41. The highest BCUT2D eigenvalue weighted by Gasteiger charge is 2.25. The average molecular weight is 289 g/mol. The summed E-state index contributed by atoms with van der Waals surface area (Å²) >= 11 is 0. The van der Waals surface area contributed by atoms with Gasteiger partial charge in [-0.1, -0.05) is 47.5 Å². The van der Waals surface area contributed by atoms with E-state index in [1.807, 2.05) is 0 Å². The minimum absolute atomic E-state index is 0.0701. The van der Waals surface area contributed by atoms with Gasteiger partial charge in [-0.25, -0.2) is 9.97 Å². The lowest BCUT2D eigenvalue weighted by Crippen LogP contribution is -2.20. The van der Waals surface area contributed by atoms with E-state index in [2.05, 4.69) is 46.0 Å². The molecule has 2 rings (SSSR count). The lowest BCUT2D eigenvalue weighted by Gasteiger charge is -2.27. The van der Waals surface area contributed by atoms with Gasteiger partial charge in [-0.3, -0.25) is 0 Å². The van der Waals surface area contributed by atoms with E-state index in [1.165, 1.54) is 25.7 Å². The highest BCUT2D eigenvalue weighted by molar-refractivity contribution is 5.38. The summed E-state index contributed by atoms with van der Waals surface area (Å²) in [6.07, 6.45) is 6.26. The highest BCUT2D eigenvalue weighted by Crippen LogP contribution is 2.35. The van der Waals surface area contributed by atoms with Crippen LogP contribution in [-0.2, 0) is 5.41 Å². The summed E-state index contributed by atoms with van der Waals surface area (Å²) in [7, 11) is 0. The van der Waals surface area contributed by atoms with E-state index in [0.29, 0.717) is 5.92 Å². The van der Waals surface area contributed by atoms with Crippen molar-refractivity contribution in [3.63, 3.8) is 0 Å². The van der Waals surface area contributed by atoms with Crippen LogP contribution in [-0.4, -0.2) is 16.5 Å². The number of hydrogen-bond donors (Lipinski definition) is 1. The molecular formula is C18H31N3. The highest BCUT2D eigenvalue weighted by atomic mass is 15.0. The quantitative estimate of drug-likeness (QED) is 0.857. The van der Waals surface area contributed by atoms with Crippen molar-refractivity contribution >= 4 is 5.82 Å². The first-order valence-corrected chi connectivity index (χ1v) is 8.53. The monoisotopic (exact) mass is 289 g/mol. The molecule has 1 N–H and O–H groups in total. The predicted octanol–water partition coefficient (Wildman–Crippen LogP) is 4.89. The predicted molar refractivity (Wildman–Crippen MR) is 89.9 cm³/mol. The molecule has 1 aromatic heterocycles. The minimum atomic E-state index is 0.0701. The van der Waals surface area contributed by atoms with Crippen LogP contribution in [0, 0.1) is 5.92 Å². The first-order valence-electron chi connectivity index (χ1n) is 8.53. The van der Waals surface area contributed by atoms with E-state index in [4.69, 9.17) is 9.97 Å². The van der Waals surface area contributed by atoms with Crippen molar-refractivity contribution < 1.29 is 0 Å². The first kappa shape index (κ1) is 16.3. The van der Waals surface area contributed by atoms with Gasteiger partial charge in [-0.05, 0) is 25.2 Å². The van der Waals surface area contributed by atoms with Crippen LogP contribution in [0.3, 0.4) is 0 Å². The van der Waals surface area contributed by atoms with Gasteiger partial charge >= 0.3 is 0 Å². The van der Waals surface area contributed by atoms with Crippen molar-refractivity contribution in [2.75, 3.05) is 11.9 Å². The van der Waals surface area contributed by atoms with Gasteiger partial charge in [0.15, 0.2) is 0 Å². The Morgan fingerprint density at radius 3 is 2.62 bits per heavy atom. The Bertz CT molecular complexity index is 462. The molecule has 3 nitrogen and oxygen atoms in total. The fourth-order valence-corrected chi connectivity index (χ4v) is 3.04. The van der Waals surface area contributed by atoms with E-state index in [0.717, 1.165) is 36.2 Å². The van der Waals surface area contributed by atoms with Crippen molar-refractivity contribution in [2.24, 2.45) is 5.92 Å². The largest absolute Gasteiger partial charge is 0.370 e. The standard InChI is InChI=1S/C18H31N3/c1-6-10-19-16-12-15(18(3,4)5)20-17(21-16)14-9-7-8-13(2)11-14/h12-14H,6-11H2,1-5H3,(H,19,20,21). The molecule has 1 aromatic rings. The van der Waals surface area contributed by atoms with Gasteiger partial charge in [0.1, 0.15) is 11.6 Å². The van der Waals surface area contributed by atoms with Crippen LogP contribution in [0.4, 0.5) is 5.82 Å². The maximum absolute atomic E-state index is 4.92. The van der Waals surface area contributed by atoms with Crippen LogP contribution in [0.1, 0.15) is 84.2 Å². The van der Waals surface area contributed by atoms with Crippen molar-refractivity contribution in [1.29, 1.82) is 0 Å². The van der Waals surface area contributed by atoms with Crippen LogP contribution >= 0.6 is 0 Å². The van der Waals surface area contributed by atoms with Gasteiger partial charge in [0.05, 0.1) is 5.69 Å². The van der Waals surface area contributed by atoms with Gasteiger partial charge in [0.2, 0.25) is 0 Å². The summed E-state index contributed by atoms with van der Waals surface area (Å²) in [5.41, 5.74) is 1.23. The molecule has 3 heteroatoms. The Morgan fingerprint density at radius 1 is 1.24 bits per heavy atom. The molecule has 1 aliphatic carbocycles. The first-order chi connectivity index (χ1) is 9.90. The third kappa shape index (κ3) is 4.42. The zero-order valence-corrected chi connectivity index (χ0v) is 14.4.